The Morgan fingerprint density at radius 3 is 2.17 bits per heavy atom. The number of amides is 3. The number of halogens is 1. The van der Waals surface area contributed by atoms with Gasteiger partial charge in [0, 0.05) is 41.1 Å². The zero-order valence-corrected chi connectivity index (χ0v) is 25.7. The van der Waals surface area contributed by atoms with Crippen molar-refractivity contribution in [1.82, 2.24) is 16.0 Å². The van der Waals surface area contributed by atoms with E-state index in [9.17, 15) is 24.3 Å². The Bertz CT molecular complexity index is 1260. The van der Waals surface area contributed by atoms with Crippen LogP contribution in [0.4, 0.5) is 4.79 Å². The van der Waals surface area contributed by atoms with Gasteiger partial charge in [-0.3, -0.25) is 9.59 Å². The van der Waals surface area contributed by atoms with Crippen LogP contribution in [0.3, 0.4) is 0 Å². The SMILES string of the molecule is CC(C)NC(=O)c1ccc(-c2ccc(C[C@H](NC(=O)[C@H]3CC[C@H](CNC(=O)OC(C)(C)C)CC3)C(=O)O)cc2)c(Cl)c1. The molecular formula is C32H42ClN3O6. The molecule has 3 amide bonds. The van der Waals surface area contributed by atoms with Gasteiger partial charge >= 0.3 is 12.1 Å². The highest BCUT2D eigenvalue weighted by molar-refractivity contribution is 6.33. The van der Waals surface area contributed by atoms with Crippen LogP contribution in [0.15, 0.2) is 42.5 Å². The summed E-state index contributed by atoms with van der Waals surface area (Å²) in [6.07, 6.45) is 2.47. The van der Waals surface area contributed by atoms with Crippen molar-refractivity contribution in [3.05, 3.63) is 58.6 Å². The molecule has 42 heavy (non-hydrogen) atoms. The lowest BCUT2D eigenvalue weighted by Gasteiger charge is -2.29. The predicted octanol–water partition coefficient (Wildman–Crippen LogP) is 5.59. The fourth-order valence-corrected chi connectivity index (χ4v) is 5.24. The van der Waals surface area contributed by atoms with Gasteiger partial charge < -0.3 is 25.8 Å². The lowest BCUT2D eigenvalue weighted by molar-refractivity contribution is -0.142. The van der Waals surface area contributed by atoms with Crippen LogP contribution < -0.4 is 16.0 Å². The van der Waals surface area contributed by atoms with Crippen LogP contribution >= 0.6 is 11.6 Å². The van der Waals surface area contributed by atoms with Crippen LogP contribution in [-0.2, 0) is 20.7 Å². The molecule has 0 radical (unpaired) electrons. The largest absolute Gasteiger partial charge is 0.480 e. The minimum Gasteiger partial charge on any atom is -0.480 e. The van der Waals surface area contributed by atoms with Crippen molar-refractivity contribution in [2.45, 2.75) is 84.4 Å². The van der Waals surface area contributed by atoms with Gasteiger partial charge in [-0.1, -0.05) is 41.9 Å². The summed E-state index contributed by atoms with van der Waals surface area (Å²) in [5.41, 5.74) is 2.25. The van der Waals surface area contributed by atoms with E-state index >= 15 is 0 Å². The van der Waals surface area contributed by atoms with Crippen LogP contribution in [0.1, 0.15) is 76.2 Å². The summed E-state index contributed by atoms with van der Waals surface area (Å²) in [7, 11) is 0. The standard InChI is InChI=1S/C32H42ClN3O6/c1-19(2)35-29(38)24-14-15-25(26(33)17-24)22-10-6-20(7-11-22)16-27(30(39)40)36-28(37)23-12-8-21(9-13-23)18-34-31(41)42-32(3,4)5/h6-7,10-11,14-15,17,19,21,23,27H,8-9,12-13,16,18H2,1-5H3,(H,34,41)(H,35,38)(H,36,37)(H,39,40)/t21-,23-,27-/m0/s1. The number of hydrogen-bond acceptors (Lipinski definition) is 5. The Morgan fingerprint density at radius 1 is 0.976 bits per heavy atom. The molecule has 0 bridgehead atoms. The first-order valence-electron chi connectivity index (χ1n) is 14.4. The van der Waals surface area contributed by atoms with Gasteiger partial charge in [-0.15, -0.1) is 0 Å². The topological polar surface area (TPSA) is 134 Å². The van der Waals surface area contributed by atoms with E-state index < -0.39 is 23.7 Å². The number of carboxylic acid groups (broad SMARTS) is 1. The summed E-state index contributed by atoms with van der Waals surface area (Å²) in [4.78, 5) is 49.1. The second-order valence-electron chi connectivity index (χ2n) is 12.2. The molecule has 1 aliphatic rings. The summed E-state index contributed by atoms with van der Waals surface area (Å²) in [6.45, 7) is 9.68. The molecule has 228 valence electrons. The molecule has 10 heteroatoms. The lowest BCUT2D eigenvalue weighted by atomic mass is 9.81. The molecule has 2 aromatic carbocycles. The average Bonchev–Trinajstić information content (AvgIpc) is 2.91. The Morgan fingerprint density at radius 2 is 1.62 bits per heavy atom. The molecule has 2 aromatic rings. The summed E-state index contributed by atoms with van der Waals surface area (Å²) in [6, 6.07) is 11.4. The summed E-state index contributed by atoms with van der Waals surface area (Å²) in [5.74, 6) is -1.57. The van der Waals surface area contributed by atoms with Crippen molar-refractivity contribution in [1.29, 1.82) is 0 Å². The van der Waals surface area contributed by atoms with Crippen molar-refractivity contribution in [2.24, 2.45) is 11.8 Å². The number of alkyl carbamates (subject to hydrolysis) is 1. The number of hydrogen-bond donors (Lipinski definition) is 4. The van der Waals surface area contributed by atoms with E-state index in [-0.39, 0.29) is 36.1 Å². The van der Waals surface area contributed by atoms with E-state index in [2.05, 4.69) is 16.0 Å². The third-order valence-corrected chi connectivity index (χ3v) is 7.43. The molecule has 9 nitrogen and oxygen atoms in total. The van der Waals surface area contributed by atoms with E-state index in [0.717, 1.165) is 29.5 Å². The quantitative estimate of drug-likeness (QED) is 0.281. The van der Waals surface area contributed by atoms with Gasteiger partial charge in [0.25, 0.3) is 5.91 Å². The number of benzene rings is 2. The maximum Gasteiger partial charge on any atom is 0.407 e. The highest BCUT2D eigenvalue weighted by Gasteiger charge is 2.30. The second kappa shape index (κ2) is 14.5. The zero-order chi connectivity index (χ0) is 31.0. The molecule has 1 atom stereocenters. The van der Waals surface area contributed by atoms with Crippen LogP contribution in [0.2, 0.25) is 5.02 Å². The third kappa shape index (κ3) is 10.0. The predicted molar refractivity (Wildman–Crippen MR) is 162 cm³/mol. The molecule has 1 aliphatic carbocycles. The Balaban J connectivity index is 1.53. The van der Waals surface area contributed by atoms with E-state index in [1.807, 2.05) is 58.9 Å². The van der Waals surface area contributed by atoms with Crippen LogP contribution in [0.5, 0.6) is 0 Å². The fraction of sp³-hybridized carbons (Fsp3) is 0.500. The molecule has 0 spiro atoms. The minimum atomic E-state index is -1.10. The van der Waals surface area contributed by atoms with Crippen molar-refractivity contribution >= 4 is 35.5 Å². The minimum absolute atomic E-state index is 0.0118. The molecule has 0 heterocycles. The van der Waals surface area contributed by atoms with Gasteiger partial charge in [-0.05, 0) is 89.5 Å². The number of carbonyl (C=O) groups is 4. The number of rotatable bonds is 10. The van der Waals surface area contributed by atoms with Crippen LogP contribution in [-0.4, -0.2) is 53.2 Å². The second-order valence-corrected chi connectivity index (χ2v) is 12.6. The van der Waals surface area contributed by atoms with Gasteiger partial charge in [-0.2, -0.15) is 0 Å². The molecule has 0 aliphatic heterocycles. The number of carboxylic acids is 1. The van der Waals surface area contributed by atoms with Crippen molar-refractivity contribution < 1.29 is 29.0 Å². The fourth-order valence-electron chi connectivity index (χ4n) is 4.95. The zero-order valence-electron chi connectivity index (χ0n) is 25.0. The molecule has 0 aromatic heterocycles. The molecular weight excluding hydrogens is 558 g/mol. The van der Waals surface area contributed by atoms with E-state index in [1.165, 1.54) is 0 Å². The molecule has 0 unspecified atom stereocenters. The highest BCUT2D eigenvalue weighted by Crippen LogP contribution is 2.30. The Hall–Kier alpha value is -3.59. The van der Waals surface area contributed by atoms with Crippen LogP contribution in [0, 0.1) is 11.8 Å². The number of ether oxygens (including phenoxy) is 1. The van der Waals surface area contributed by atoms with Crippen molar-refractivity contribution in [3.63, 3.8) is 0 Å². The van der Waals surface area contributed by atoms with Crippen molar-refractivity contribution in [2.75, 3.05) is 6.54 Å². The van der Waals surface area contributed by atoms with Crippen LogP contribution in [0.25, 0.3) is 11.1 Å². The summed E-state index contributed by atoms with van der Waals surface area (Å²) in [5, 5.41) is 18.6. The third-order valence-electron chi connectivity index (χ3n) is 7.12. The number of carbonyl (C=O) groups excluding carboxylic acids is 3. The van der Waals surface area contributed by atoms with E-state index in [1.54, 1.807) is 18.2 Å². The summed E-state index contributed by atoms with van der Waals surface area (Å²) >= 11 is 6.48. The molecule has 4 N–H and O–H groups in total. The number of nitrogens with one attached hydrogen (secondary N) is 3. The first-order chi connectivity index (χ1) is 19.7. The average molecular weight is 600 g/mol. The molecule has 0 saturated heterocycles. The molecule has 1 saturated carbocycles. The number of aliphatic carboxylic acids is 1. The highest BCUT2D eigenvalue weighted by atomic mass is 35.5. The smallest absolute Gasteiger partial charge is 0.407 e. The van der Waals surface area contributed by atoms with Gasteiger partial charge in [-0.25, -0.2) is 9.59 Å². The van der Waals surface area contributed by atoms with Gasteiger partial charge in [0.1, 0.15) is 11.6 Å². The van der Waals surface area contributed by atoms with E-state index in [0.29, 0.717) is 30.0 Å². The first kappa shape index (κ1) is 32.9. The lowest BCUT2D eigenvalue weighted by Crippen LogP contribution is -2.46. The first-order valence-corrected chi connectivity index (χ1v) is 14.8. The molecule has 3 rings (SSSR count). The van der Waals surface area contributed by atoms with Gasteiger partial charge in [0.15, 0.2) is 0 Å². The monoisotopic (exact) mass is 599 g/mol. The van der Waals surface area contributed by atoms with Crippen molar-refractivity contribution in [3.8, 4) is 11.1 Å². The van der Waals surface area contributed by atoms with Gasteiger partial charge in [0.2, 0.25) is 5.91 Å². The maximum absolute atomic E-state index is 12.9. The van der Waals surface area contributed by atoms with E-state index in [4.69, 9.17) is 16.3 Å². The van der Waals surface area contributed by atoms with Gasteiger partial charge in [0.05, 0.1) is 0 Å². The Kier molecular flexibility index (Phi) is 11.4. The Labute approximate surface area is 252 Å². The normalized spacial score (nSPS) is 17.7. The maximum atomic E-state index is 12.9. The summed E-state index contributed by atoms with van der Waals surface area (Å²) < 4.78 is 5.27. The molecule has 1 fully saturated rings.